The Balaban J connectivity index is 1.65. The number of rotatable bonds is 4. The summed E-state index contributed by atoms with van der Waals surface area (Å²) in [5, 5.41) is 14.7. The van der Waals surface area contributed by atoms with Crippen LogP contribution in [0.5, 0.6) is 0 Å². The monoisotopic (exact) mass is 348 g/mol. The Morgan fingerprint density at radius 2 is 2.21 bits per heavy atom. The van der Waals surface area contributed by atoms with E-state index in [1.54, 1.807) is 17.5 Å². The molecule has 3 rings (SSSR count). The number of amides is 1. The van der Waals surface area contributed by atoms with Gasteiger partial charge in [0.2, 0.25) is 5.91 Å². The van der Waals surface area contributed by atoms with Crippen LogP contribution in [0.15, 0.2) is 12.4 Å². The molecule has 1 aliphatic rings. The normalized spacial score (nSPS) is 24.1. The van der Waals surface area contributed by atoms with Gasteiger partial charge in [0.05, 0.1) is 35.3 Å². The zero-order valence-corrected chi connectivity index (χ0v) is 15.1. The van der Waals surface area contributed by atoms with E-state index in [9.17, 15) is 9.90 Å². The average molecular weight is 348 g/mol. The molecule has 1 amide bonds. The second-order valence-corrected chi connectivity index (χ2v) is 7.75. The minimum Gasteiger partial charge on any atom is -0.389 e. The highest BCUT2D eigenvalue weighted by Gasteiger charge is 2.34. The largest absolute Gasteiger partial charge is 0.389 e. The van der Waals surface area contributed by atoms with Gasteiger partial charge in [0, 0.05) is 17.3 Å². The lowest BCUT2D eigenvalue weighted by Gasteiger charge is -2.36. The van der Waals surface area contributed by atoms with Gasteiger partial charge in [-0.3, -0.25) is 4.79 Å². The maximum atomic E-state index is 12.4. The van der Waals surface area contributed by atoms with Gasteiger partial charge in [0.15, 0.2) is 0 Å². The summed E-state index contributed by atoms with van der Waals surface area (Å²) in [5.41, 5.74) is 0.920. The predicted octanol–water partition coefficient (Wildman–Crippen LogP) is 2.08. The molecule has 0 unspecified atom stereocenters. The van der Waals surface area contributed by atoms with Crippen molar-refractivity contribution in [2.24, 2.45) is 0 Å². The van der Waals surface area contributed by atoms with Crippen LogP contribution >= 0.6 is 11.3 Å². The summed E-state index contributed by atoms with van der Waals surface area (Å²) < 4.78 is 2.01. The average Bonchev–Trinajstić information content (AvgIpc) is 3.07. The molecule has 0 radical (unpaired) electrons. The maximum Gasteiger partial charge on any atom is 0.225 e. The van der Waals surface area contributed by atoms with E-state index in [1.807, 2.05) is 31.5 Å². The number of aryl methyl sites for hydroxylation is 3. The van der Waals surface area contributed by atoms with Crippen molar-refractivity contribution in [3.8, 4) is 0 Å². The molecule has 0 spiro atoms. The van der Waals surface area contributed by atoms with E-state index < -0.39 is 6.10 Å². The van der Waals surface area contributed by atoms with Gasteiger partial charge in [-0.2, -0.15) is 0 Å². The van der Waals surface area contributed by atoms with Crippen LogP contribution in [0.1, 0.15) is 46.7 Å². The zero-order chi connectivity index (χ0) is 17.3. The van der Waals surface area contributed by atoms with Gasteiger partial charge in [-0.05, 0) is 40.0 Å². The Hall–Kier alpha value is -1.73. The van der Waals surface area contributed by atoms with Crippen molar-refractivity contribution in [3.63, 3.8) is 0 Å². The molecule has 6 nitrogen and oxygen atoms in total. The van der Waals surface area contributed by atoms with Gasteiger partial charge in [-0.1, -0.05) is 0 Å². The first-order valence-electron chi connectivity index (χ1n) is 8.35. The summed E-state index contributed by atoms with van der Waals surface area (Å²) in [4.78, 5) is 22.0. The Labute approximate surface area is 146 Å². The molecular weight excluding hydrogens is 324 g/mol. The highest BCUT2D eigenvalue weighted by atomic mass is 32.1. The van der Waals surface area contributed by atoms with E-state index in [1.165, 1.54) is 0 Å². The Morgan fingerprint density at radius 1 is 1.42 bits per heavy atom. The van der Waals surface area contributed by atoms with Gasteiger partial charge < -0.3 is 15.0 Å². The number of imidazole rings is 1. The van der Waals surface area contributed by atoms with Gasteiger partial charge >= 0.3 is 0 Å². The molecule has 3 atom stereocenters. The van der Waals surface area contributed by atoms with Crippen molar-refractivity contribution in [2.75, 3.05) is 0 Å². The van der Waals surface area contributed by atoms with E-state index >= 15 is 0 Å². The number of thiazole rings is 1. The Bertz CT molecular complexity index is 724. The Kier molecular flexibility index (Phi) is 5.01. The van der Waals surface area contributed by atoms with E-state index in [0.717, 1.165) is 40.7 Å². The number of hydrogen-bond acceptors (Lipinski definition) is 5. The zero-order valence-electron chi connectivity index (χ0n) is 14.3. The standard InChI is InChI=1S/C17H24N4O2S/c1-10-15(24-12(3)19-10)9-16(22)20-13-5-4-6-14(17(13)23)21-8-7-18-11(21)2/h7-8,13-14,17,23H,4-6,9H2,1-3H3,(H,20,22)/t13-,14-,17-/m1/s1. The number of aliphatic hydroxyl groups excluding tert-OH is 1. The van der Waals surface area contributed by atoms with Crippen LogP contribution in [-0.2, 0) is 11.2 Å². The van der Waals surface area contributed by atoms with Crippen molar-refractivity contribution in [1.82, 2.24) is 19.9 Å². The molecule has 24 heavy (non-hydrogen) atoms. The quantitative estimate of drug-likeness (QED) is 0.886. The maximum absolute atomic E-state index is 12.4. The molecule has 0 aromatic carbocycles. The van der Waals surface area contributed by atoms with Crippen LogP contribution < -0.4 is 5.32 Å². The molecule has 1 aliphatic carbocycles. The van der Waals surface area contributed by atoms with Crippen molar-refractivity contribution >= 4 is 17.2 Å². The lowest BCUT2D eigenvalue weighted by Crippen LogP contribution is -2.49. The molecule has 1 saturated carbocycles. The number of aliphatic hydroxyl groups is 1. The number of nitrogens with one attached hydrogen (secondary N) is 1. The summed E-state index contributed by atoms with van der Waals surface area (Å²) in [5.74, 6) is 0.843. The minimum absolute atomic E-state index is 0.0288. The summed E-state index contributed by atoms with van der Waals surface area (Å²) in [6.07, 6.45) is 6.06. The summed E-state index contributed by atoms with van der Waals surface area (Å²) in [6.45, 7) is 5.81. The van der Waals surface area contributed by atoms with Crippen molar-refractivity contribution in [1.29, 1.82) is 0 Å². The third-order valence-corrected chi connectivity index (χ3v) is 5.78. The van der Waals surface area contributed by atoms with Crippen LogP contribution in [-0.4, -0.2) is 37.7 Å². The third-order valence-electron chi connectivity index (χ3n) is 4.71. The molecule has 2 N–H and O–H groups in total. The Morgan fingerprint density at radius 3 is 2.83 bits per heavy atom. The summed E-state index contributed by atoms with van der Waals surface area (Å²) >= 11 is 1.56. The number of aromatic nitrogens is 3. The smallest absolute Gasteiger partial charge is 0.225 e. The summed E-state index contributed by atoms with van der Waals surface area (Å²) in [6, 6.07) is -0.244. The first-order chi connectivity index (χ1) is 11.5. The molecule has 0 saturated heterocycles. The molecule has 2 heterocycles. The van der Waals surface area contributed by atoms with Crippen molar-refractivity contribution < 1.29 is 9.90 Å². The van der Waals surface area contributed by atoms with Crippen LogP contribution in [0, 0.1) is 20.8 Å². The van der Waals surface area contributed by atoms with Gasteiger partial charge in [-0.15, -0.1) is 11.3 Å². The minimum atomic E-state index is -0.597. The van der Waals surface area contributed by atoms with Crippen molar-refractivity contribution in [2.45, 2.75) is 64.6 Å². The lowest BCUT2D eigenvalue weighted by atomic mass is 9.87. The lowest BCUT2D eigenvalue weighted by molar-refractivity contribution is -0.122. The third kappa shape index (κ3) is 3.52. The van der Waals surface area contributed by atoms with Crippen LogP contribution in [0.25, 0.3) is 0 Å². The fourth-order valence-corrected chi connectivity index (χ4v) is 4.43. The fourth-order valence-electron chi connectivity index (χ4n) is 3.50. The van der Waals surface area contributed by atoms with Gasteiger partial charge in [0.1, 0.15) is 5.82 Å². The van der Waals surface area contributed by atoms with Crippen LogP contribution in [0.4, 0.5) is 0 Å². The number of hydrogen-bond donors (Lipinski definition) is 2. The van der Waals surface area contributed by atoms with Gasteiger partial charge in [0.25, 0.3) is 0 Å². The van der Waals surface area contributed by atoms with E-state index in [-0.39, 0.29) is 18.0 Å². The number of carbonyl (C=O) groups excluding carboxylic acids is 1. The molecular formula is C17H24N4O2S. The van der Waals surface area contributed by atoms with E-state index in [2.05, 4.69) is 15.3 Å². The molecule has 0 aliphatic heterocycles. The highest BCUT2D eigenvalue weighted by Crippen LogP contribution is 2.30. The van der Waals surface area contributed by atoms with Crippen molar-refractivity contribution in [3.05, 3.63) is 33.8 Å². The summed E-state index contributed by atoms with van der Waals surface area (Å²) in [7, 11) is 0. The van der Waals surface area contributed by atoms with Gasteiger partial charge in [-0.25, -0.2) is 9.97 Å². The van der Waals surface area contributed by atoms with Crippen LogP contribution in [0.2, 0.25) is 0 Å². The second-order valence-electron chi connectivity index (χ2n) is 6.46. The molecule has 7 heteroatoms. The molecule has 1 fully saturated rings. The first-order valence-corrected chi connectivity index (χ1v) is 9.17. The molecule has 130 valence electrons. The molecule has 2 aromatic rings. The first kappa shape index (κ1) is 17.1. The van der Waals surface area contributed by atoms with Crippen LogP contribution in [0.3, 0.4) is 0 Å². The number of nitrogens with zero attached hydrogens (tertiary/aromatic N) is 3. The molecule has 2 aromatic heterocycles. The second kappa shape index (κ2) is 7.03. The SMILES string of the molecule is Cc1nc(C)c(CC(=O)N[C@@H]2CCC[C@@H](n3ccnc3C)[C@@H]2O)s1. The predicted molar refractivity (Wildman–Crippen MR) is 93.1 cm³/mol. The van der Waals surface area contributed by atoms with E-state index in [4.69, 9.17) is 0 Å². The number of carbonyl (C=O) groups is 1. The topological polar surface area (TPSA) is 80.0 Å². The van der Waals surface area contributed by atoms with E-state index in [0.29, 0.717) is 6.42 Å². The molecule has 0 bridgehead atoms. The fraction of sp³-hybridized carbons (Fsp3) is 0.588. The highest BCUT2D eigenvalue weighted by molar-refractivity contribution is 7.11.